The van der Waals surface area contributed by atoms with E-state index in [0.717, 1.165) is 22.8 Å². The quantitative estimate of drug-likeness (QED) is 0.438. The Labute approximate surface area is 138 Å². The Morgan fingerprint density at radius 3 is 2.76 bits per heavy atom. The first-order valence-electron chi connectivity index (χ1n) is 7.11. The summed E-state index contributed by atoms with van der Waals surface area (Å²) in [6.45, 7) is 2.21. The second-order valence-corrected chi connectivity index (χ2v) is 6.93. The van der Waals surface area contributed by atoms with Crippen molar-refractivity contribution in [1.82, 2.24) is 4.90 Å². The highest BCUT2D eigenvalue weighted by Gasteiger charge is 2.27. The lowest BCUT2D eigenvalue weighted by Gasteiger charge is -2.34. The lowest BCUT2D eigenvalue weighted by atomic mass is 9.86. The van der Waals surface area contributed by atoms with Crippen molar-refractivity contribution in [3.05, 3.63) is 37.4 Å². The minimum Gasteiger partial charge on any atom is -0.339 e. The van der Waals surface area contributed by atoms with Gasteiger partial charge in [0.05, 0.1) is 10.5 Å². The predicted octanol–water partition coefficient (Wildman–Crippen LogP) is 3.85. The van der Waals surface area contributed by atoms with Gasteiger partial charge in [0.25, 0.3) is 11.6 Å². The van der Waals surface area contributed by atoms with Crippen LogP contribution in [0.1, 0.15) is 43.0 Å². The van der Waals surface area contributed by atoms with Crippen LogP contribution in [0.4, 0.5) is 5.69 Å². The standard InChI is InChI=1S/C15H19IN2O3/c1-10-4-3-5-11(8-10)17(2)15(19)13-9-12(18(20)21)6-7-14(13)16/h6-7,9-11H,3-5,8H2,1-2H3. The highest BCUT2D eigenvalue weighted by molar-refractivity contribution is 14.1. The molecule has 2 atom stereocenters. The highest BCUT2D eigenvalue weighted by Crippen LogP contribution is 2.28. The third kappa shape index (κ3) is 3.72. The summed E-state index contributed by atoms with van der Waals surface area (Å²) >= 11 is 2.05. The summed E-state index contributed by atoms with van der Waals surface area (Å²) in [6, 6.07) is 4.67. The van der Waals surface area contributed by atoms with Gasteiger partial charge in [-0.2, -0.15) is 0 Å². The normalized spacial score (nSPS) is 21.9. The molecule has 1 saturated carbocycles. The van der Waals surface area contributed by atoms with E-state index in [0.29, 0.717) is 11.5 Å². The van der Waals surface area contributed by atoms with Gasteiger partial charge in [-0.05, 0) is 47.4 Å². The van der Waals surface area contributed by atoms with Crippen LogP contribution in [-0.2, 0) is 0 Å². The molecule has 0 bridgehead atoms. The van der Waals surface area contributed by atoms with Crippen molar-refractivity contribution >= 4 is 34.2 Å². The first kappa shape index (κ1) is 16.2. The van der Waals surface area contributed by atoms with Crippen LogP contribution in [0.25, 0.3) is 0 Å². The van der Waals surface area contributed by atoms with Gasteiger partial charge in [0.15, 0.2) is 0 Å². The number of non-ortho nitro benzene ring substituents is 1. The van der Waals surface area contributed by atoms with Gasteiger partial charge in [0.1, 0.15) is 0 Å². The van der Waals surface area contributed by atoms with E-state index in [1.807, 2.05) is 0 Å². The van der Waals surface area contributed by atoms with Crippen LogP contribution in [0.3, 0.4) is 0 Å². The molecule has 1 aromatic rings. The van der Waals surface area contributed by atoms with Crippen molar-refractivity contribution in [2.24, 2.45) is 5.92 Å². The molecular formula is C15H19IN2O3. The monoisotopic (exact) mass is 402 g/mol. The molecule has 0 N–H and O–H groups in total. The number of carbonyl (C=O) groups excluding carboxylic acids is 1. The van der Waals surface area contributed by atoms with Gasteiger partial charge in [-0.25, -0.2) is 0 Å². The third-order valence-corrected chi connectivity index (χ3v) is 5.11. The molecule has 1 amide bonds. The van der Waals surface area contributed by atoms with E-state index < -0.39 is 4.92 Å². The Kier molecular flexibility index (Phi) is 5.18. The second-order valence-electron chi connectivity index (χ2n) is 5.76. The molecular weight excluding hydrogens is 383 g/mol. The van der Waals surface area contributed by atoms with Gasteiger partial charge in [-0.3, -0.25) is 14.9 Å². The summed E-state index contributed by atoms with van der Waals surface area (Å²) in [5.41, 5.74) is 0.384. The molecule has 0 heterocycles. The fourth-order valence-electron chi connectivity index (χ4n) is 2.90. The summed E-state index contributed by atoms with van der Waals surface area (Å²) in [4.78, 5) is 24.8. The first-order chi connectivity index (χ1) is 9.90. The van der Waals surface area contributed by atoms with Crippen LogP contribution in [0, 0.1) is 19.6 Å². The molecule has 1 fully saturated rings. The van der Waals surface area contributed by atoms with Crippen LogP contribution >= 0.6 is 22.6 Å². The summed E-state index contributed by atoms with van der Waals surface area (Å²) in [7, 11) is 1.81. The molecule has 0 saturated heterocycles. The Bertz CT molecular complexity index is 562. The average Bonchev–Trinajstić information content (AvgIpc) is 2.46. The summed E-state index contributed by atoms with van der Waals surface area (Å²) in [5.74, 6) is 0.505. The predicted molar refractivity (Wildman–Crippen MR) is 89.3 cm³/mol. The van der Waals surface area contributed by atoms with Gasteiger partial charge in [-0.15, -0.1) is 0 Å². The fourth-order valence-corrected chi connectivity index (χ4v) is 3.47. The number of halogens is 1. The molecule has 5 nitrogen and oxygen atoms in total. The second kappa shape index (κ2) is 6.72. The van der Waals surface area contributed by atoms with E-state index in [1.165, 1.54) is 18.6 Å². The van der Waals surface area contributed by atoms with Crippen LogP contribution in [0.5, 0.6) is 0 Å². The number of rotatable bonds is 3. The van der Waals surface area contributed by atoms with Crippen molar-refractivity contribution in [1.29, 1.82) is 0 Å². The maximum Gasteiger partial charge on any atom is 0.270 e. The van der Waals surface area contributed by atoms with Gasteiger partial charge >= 0.3 is 0 Å². The molecule has 6 heteroatoms. The molecule has 1 aromatic carbocycles. The van der Waals surface area contributed by atoms with Crippen molar-refractivity contribution in [2.75, 3.05) is 7.05 Å². The van der Waals surface area contributed by atoms with Crippen molar-refractivity contribution in [3.63, 3.8) is 0 Å². The van der Waals surface area contributed by atoms with E-state index in [-0.39, 0.29) is 17.6 Å². The van der Waals surface area contributed by atoms with Gasteiger partial charge in [0, 0.05) is 28.8 Å². The number of carbonyl (C=O) groups is 1. The molecule has 0 spiro atoms. The van der Waals surface area contributed by atoms with Gasteiger partial charge in [0.2, 0.25) is 0 Å². The number of amides is 1. The van der Waals surface area contributed by atoms with Crippen molar-refractivity contribution in [2.45, 2.75) is 38.6 Å². The Morgan fingerprint density at radius 1 is 1.43 bits per heavy atom. The lowest BCUT2D eigenvalue weighted by molar-refractivity contribution is -0.384. The van der Waals surface area contributed by atoms with Crippen molar-refractivity contribution < 1.29 is 9.72 Å². The van der Waals surface area contributed by atoms with E-state index in [9.17, 15) is 14.9 Å². The zero-order valence-corrected chi connectivity index (χ0v) is 14.4. The van der Waals surface area contributed by atoms with Crippen LogP contribution in [0.2, 0.25) is 0 Å². The highest BCUT2D eigenvalue weighted by atomic mass is 127. The molecule has 21 heavy (non-hydrogen) atoms. The molecule has 1 aliphatic rings. The molecule has 114 valence electrons. The number of hydrogen-bond donors (Lipinski definition) is 0. The lowest BCUT2D eigenvalue weighted by Crippen LogP contribution is -2.40. The molecule has 0 radical (unpaired) electrons. The van der Waals surface area contributed by atoms with E-state index >= 15 is 0 Å². The van der Waals surface area contributed by atoms with E-state index in [2.05, 4.69) is 29.5 Å². The van der Waals surface area contributed by atoms with E-state index in [1.54, 1.807) is 18.0 Å². The van der Waals surface area contributed by atoms with Crippen LogP contribution in [0.15, 0.2) is 18.2 Å². The number of nitro groups is 1. The average molecular weight is 402 g/mol. The SMILES string of the molecule is CC1CCCC(N(C)C(=O)c2cc([N+](=O)[O-])ccc2I)C1. The Balaban J connectivity index is 2.22. The van der Waals surface area contributed by atoms with Gasteiger partial charge in [-0.1, -0.05) is 19.8 Å². The molecule has 2 unspecified atom stereocenters. The minimum atomic E-state index is -0.463. The zero-order valence-electron chi connectivity index (χ0n) is 12.2. The first-order valence-corrected chi connectivity index (χ1v) is 8.19. The zero-order chi connectivity index (χ0) is 15.6. The maximum absolute atomic E-state index is 12.6. The van der Waals surface area contributed by atoms with E-state index in [4.69, 9.17) is 0 Å². The Morgan fingerprint density at radius 2 is 2.14 bits per heavy atom. The van der Waals surface area contributed by atoms with Gasteiger partial charge < -0.3 is 4.90 Å². The largest absolute Gasteiger partial charge is 0.339 e. The molecule has 0 aliphatic heterocycles. The third-order valence-electron chi connectivity index (χ3n) is 4.17. The molecule has 0 aromatic heterocycles. The molecule has 2 rings (SSSR count). The summed E-state index contributed by atoms with van der Waals surface area (Å²) < 4.78 is 0.749. The number of nitro benzene ring substituents is 1. The maximum atomic E-state index is 12.6. The van der Waals surface area contributed by atoms with Crippen LogP contribution < -0.4 is 0 Å². The Hall–Kier alpha value is -1.18. The summed E-state index contributed by atoms with van der Waals surface area (Å²) in [5, 5.41) is 10.9. The smallest absolute Gasteiger partial charge is 0.270 e. The fraction of sp³-hybridized carbons (Fsp3) is 0.533. The number of hydrogen-bond acceptors (Lipinski definition) is 3. The van der Waals surface area contributed by atoms with Crippen molar-refractivity contribution in [3.8, 4) is 0 Å². The minimum absolute atomic E-state index is 0.0378. The molecule has 1 aliphatic carbocycles. The number of benzene rings is 1. The number of nitrogens with zero attached hydrogens (tertiary/aromatic N) is 2. The summed E-state index contributed by atoms with van der Waals surface area (Å²) in [6.07, 6.45) is 4.37. The topological polar surface area (TPSA) is 63.5 Å². The van der Waals surface area contributed by atoms with Crippen LogP contribution in [-0.4, -0.2) is 28.8 Å².